The van der Waals surface area contributed by atoms with Gasteiger partial charge in [-0.2, -0.15) is 0 Å². The second kappa shape index (κ2) is 6.28. The molecule has 0 bridgehead atoms. The summed E-state index contributed by atoms with van der Waals surface area (Å²) in [4.78, 5) is 12.0. The number of benzene rings is 1. The van der Waals surface area contributed by atoms with Crippen LogP contribution in [0.4, 0.5) is 5.69 Å². The van der Waals surface area contributed by atoms with Crippen molar-refractivity contribution < 1.29 is 4.79 Å². The van der Waals surface area contributed by atoms with Crippen LogP contribution >= 0.6 is 0 Å². The molecule has 1 unspecified atom stereocenters. The van der Waals surface area contributed by atoms with Crippen molar-refractivity contribution in [2.45, 2.75) is 46.1 Å². The van der Waals surface area contributed by atoms with Crippen LogP contribution in [-0.2, 0) is 0 Å². The molecule has 1 aromatic carbocycles. The molecule has 0 saturated carbocycles. The van der Waals surface area contributed by atoms with E-state index in [1.807, 2.05) is 32.0 Å². The number of nitrogen functional groups attached to an aromatic ring is 1. The molecule has 0 saturated heterocycles. The van der Waals surface area contributed by atoms with Crippen LogP contribution in [0.3, 0.4) is 0 Å². The van der Waals surface area contributed by atoms with Gasteiger partial charge in [-0.3, -0.25) is 4.79 Å². The standard InChI is InChI=1S/C14H22N2O/c1-4-5-7-10(2)16-14(17)12-8-6-9-13(15)11(12)3/h6,8-10H,4-5,7,15H2,1-3H3,(H,16,17). The van der Waals surface area contributed by atoms with Gasteiger partial charge in [0.1, 0.15) is 0 Å². The summed E-state index contributed by atoms with van der Waals surface area (Å²) in [5, 5.41) is 3.00. The number of carbonyl (C=O) groups is 1. The molecular weight excluding hydrogens is 212 g/mol. The molecule has 0 aliphatic rings. The average Bonchev–Trinajstić information content (AvgIpc) is 2.29. The Morgan fingerprint density at radius 2 is 2.18 bits per heavy atom. The first-order chi connectivity index (χ1) is 8.06. The minimum absolute atomic E-state index is 0.0293. The largest absolute Gasteiger partial charge is 0.398 e. The maximum Gasteiger partial charge on any atom is 0.251 e. The summed E-state index contributed by atoms with van der Waals surface area (Å²) < 4.78 is 0. The minimum Gasteiger partial charge on any atom is -0.398 e. The highest BCUT2D eigenvalue weighted by Gasteiger charge is 2.12. The van der Waals surface area contributed by atoms with Crippen molar-refractivity contribution in [1.29, 1.82) is 0 Å². The fourth-order valence-corrected chi connectivity index (χ4v) is 1.78. The summed E-state index contributed by atoms with van der Waals surface area (Å²) in [5.74, 6) is -0.0293. The van der Waals surface area contributed by atoms with Crippen molar-refractivity contribution in [3.8, 4) is 0 Å². The first-order valence-corrected chi connectivity index (χ1v) is 6.22. The van der Waals surface area contributed by atoms with E-state index in [0.717, 1.165) is 24.8 Å². The molecule has 1 atom stereocenters. The lowest BCUT2D eigenvalue weighted by Crippen LogP contribution is -2.33. The first kappa shape index (κ1) is 13.6. The highest BCUT2D eigenvalue weighted by atomic mass is 16.1. The van der Waals surface area contributed by atoms with Crippen molar-refractivity contribution in [2.75, 3.05) is 5.73 Å². The van der Waals surface area contributed by atoms with Gasteiger partial charge in [-0.15, -0.1) is 0 Å². The fourth-order valence-electron chi connectivity index (χ4n) is 1.78. The predicted octanol–water partition coefficient (Wildman–Crippen LogP) is 2.89. The normalized spacial score (nSPS) is 12.2. The Morgan fingerprint density at radius 3 is 2.82 bits per heavy atom. The first-order valence-electron chi connectivity index (χ1n) is 6.22. The minimum atomic E-state index is -0.0293. The smallest absolute Gasteiger partial charge is 0.251 e. The van der Waals surface area contributed by atoms with E-state index in [0.29, 0.717) is 11.3 Å². The maximum atomic E-state index is 12.0. The van der Waals surface area contributed by atoms with Crippen LogP contribution in [0.2, 0.25) is 0 Å². The zero-order chi connectivity index (χ0) is 12.8. The second-order valence-corrected chi connectivity index (χ2v) is 4.54. The van der Waals surface area contributed by atoms with Crippen molar-refractivity contribution in [3.63, 3.8) is 0 Å². The lowest BCUT2D eigenvalue weighted by molar-refractivity contribution is 0.0937. The Balaban J connectivity index is 2.67. The number of rotatable bonds is 5. The number of unbranched alkanes of at least 4 members (excludes halogenated alkanes) is 1. The Hall–Kier alpha value is -1.51. The number of amides is 1. The van der Waals surface area contributed by atoms with E-state index < -0.39 is 0 Å². The van der Waals surface area contributed by atoms with Gasteiger partial charge >= 0.3 is 0 Å². The van der Waals surface area contributed by atoms with E-state index in [1.54, 1.807) is 0 Å². The lowest BCUT2D eigenvalue weighted by Gasteiger charge is -2.15. The summed E-state index contributed by atoms with van der Waals surface area (Å²) in [6.45, 7) is 6.06. The van der Waals surface area contributed by atoms with Crippen molar-refractivity contribution >= 4 is 11.6 Å². The molecular formula is C14H22N2O. The number of nitrogens with one attached hydrogen (secondary N) is 1. The molecule has 3 heteroatoms. The van der Waals surface area contributed by atoms with Crippen LogP contribution in [0, 0.1) is 6.92 Å². The molecule has 0 spiro atoms. The van der Waals surface area contributed by atoms with Gasteiger partial charge in [0.25, 0.3) is 5.91 Å². The highest BCUT2D eigenvalue weighted by Crippen LogP contribution is 2.15. The predicted molar refractivity (Wildman–Crippen MR) is 72.0 cm³/mol. The summed E-state index contributed by atoms with van der Waals surface area (Å²) in [6, 6.07) is 5.65. The number of carbonyl (C=O) groups excluding carboxylic acids is 1. The van der Waals surface area contributed by atoms with Gasteiger partial charge in [0.15, 0.2) is 0 Å². The lowest BCUT2D eigenvalue weighted by atomic mass is 10.1. The van der Waals surface area contributed by atoms with Gasteiger partial charge < -0.3 is 11.1 Å². The molecule has 17 heavy (non-hydrogen) atoms. The molecule has 3 nitrogen and oxygen atoms in total. The van der Waals surface area contributed by atoms with E-state index in [1.165, 1.54) is 0 Å². The fraction of sp³-hybridized carbons (Fsp3) is 0.500. The van der Waals surface area contributed by atoms with E-state index in [-0.39, 0.29) is 11.9 Å². The summed E-state index contributed by atoms with van der Waals surface area (Å²) >= 11 is 0. The molecule has 0 aliphatic carbocycles. The third kappa shape index (κ3) is 3.77. The molecule has 0 heterocycles. The van der Waals surface area contributed by atoms with Crippen LogP contribution in [0.25, 0.3) is 0 Å². The maximum absolute atomic E-state index is 12.0. The molecule has 1 aromatic rings. The quantitative estimate of drug-likeness (QED) is 0.770. The van der Waals surface area contributed by atoms with Gasteiger partial charge in [-0.25, -0.2) is 0 Å². The van der Waals surface area contributed by atoms with Crippen LogP contribution in [0.1, 0.15) is 49.0 Å². The molecule has 1 amide bonds. The SMILES string of the molecule is CCCCC(C)NC(=O)c1cccc(N)c1C. The molecule has 94 valence electrons. The number of hydrogen-bond donors (Lipinski definition) is 2. The molecule has 3 N–H and O–H groups in total. The van der Waals surface area contributed by atoms with Crippen LogP contribution in [0.15, 0.2) is 18.2 Å². The van der Waals surface area contributed by atoms with E-state index >= 15 is 0 Å². The van der Waals surface area contributed by atoms with Gasteiger partial charge in [-0.05, 0) is 38.0 Å². The van der Waals surface area contributed by atoms with Gasteiger partial charge in [0, 0.05) is 17.3 Å². The van der Waals surface area contributed by atoms with Crippen LogP contribution < -0.4 is 11.1 Å². The van der Waals surface area contributed by atoms with Crippen LogP contribution in [-0.4, -0.2) is 11.9 Å². The monoisotopic (exact) mass is 234 g/mol. The third-order valence-corrected chi connectivity index (χ3v) is 2.99. The topological polar surface area (TPSA) is 55.1 Å². The van der Waals surface area contributed by atoms with Crippen molar-refractivity contribution in [1.82, 2.24) is 5.32 Å². The van der Waals surface area contributed by atoms with Gasteiger partial charge in [0.05, 0.1) is 0 Å². The zero-order valence-corrected chi connectivity index (χ0v) is 10.9. The number of anilines is 1. The van der Waals surface area contributed by atoms with Crippen LogP contribution in [0.5, 0.6) is 0 Å². The Labute approximate surface area is 103 Å². The molecule has 0 aliphatic heterocycles. The van der Waals surface area contributed by atoms with E-state index in [9.17, 15) is 4.79 Å². The summed E-state index contributed by atoms with van der Waals surface area (Å²) in [5.41, 5.74) is 7.98. The van der Waals surface area contributed by atoms with Crippen molar-refractivity contribution in [3.05, 3.63) is 29.3 Å². The Kier molecular flexibility index (Phi) is 5.01. The summed E-state index contributed by atoms with van der Waals surface area (Å²) in [7, 11) is 0. The van der Waals surface area contributed by atoms with Crippen molar-refractivity contribution in [2.24, 2.45) is 0 Å². The third-order valence-electron chi connectivity index (χ3n) is 2.99. The molecule has 0 fully saturated rings. The number of hydrogen-bond acceptors (Lipinski definition) is 2. The van der Waals surface area contributed by atoms with E-state index in [4.69, 9.17) is 5.73 Å². The van der Waals surface area contributed by atoms with Gasteiger partial charge in [-0.1, -0.05) is 25.8 Å². The Morgan fingerprint density at radius 1 is 1.47 bits per heavy atom. The highest BCUT2D eigenvalue weighted by molar-refractivity contribution is 5.97. The molecule has 0 radical (unpaired) electrons. The average molecular weight is 234 g/mol. The van der Waals surface area contributed by atoms with E-state index in [2.05, 4.69) is 12.2 Å². The number of nitrogens with two attached hydrogens (primary N) is 1. The van der Waals surface area contributed by atoms with Gasteiger partial charge in [0.2, 0.25) is 0 Å². The zero-order valence-electron chi connectivity index (χ0n) is 10.9. The molecule has 1 rings (SSSR count). The molecule has 0 aromatic heterocycles. The Bertz CT molecular complexity index is 388. The summed E-state index contributed by atoms with van der Waals surface area (Å²) in [6.07, 6.45) is 3.30. The second-order valence-electron chi connectivity index (χ2n) is 4.54.